The third-order valence-electron chi connectivity index (χ3n) is 5.67. The van der Waals surface area contributed by atoms with Crippen LogP contribution in [0.1, 0.15) is 136 Å². The Morgan fingerprint density at radius 3 is 1.50 bits per heavy atom. The number of rotatable bonds is 21. The summed E-state index contributed by atoms with van der Waals surface area (Å²) >= 11 is 0. The van der Waals surface area contributed by atoms with Gasteiger partial charge in [0, 0.05) is 6.61 Å². The molecule has 0 rings (SSSR count). The van der Waals surface area contributed by atoms with Gasteiger partial charge in [0.15, 0.2) is 0 Å². The molecule has 0 aromatic heterocycles. The van der Waals surface area contributed by atoms with Gasteiger partial charge in [-0.25, -0.2) is 0 Å². The Hall–Kier alpha value is -0.0800. The van der Waals surface area contributed by atoms with E-state index in [1.54, 1.807) is 0 Å². The lowest BCUT2D eigenvalue weighted by atomic mass is 9.92. The molecule has 0 spiro atoms. The first-order valence-corrected chi connectivity index (χ1v) is 12.0. The molecule has 2 nitrogen and oxygen atoms in total. The van der Waals surface area contributed by atoms with E-state index in [1.807, 2.05) is 0 Å². The fourth-order valence-corrected chi connectivity index (χ4v) is 3.76. The van der Waals surface area contributed by atoms with Gasteiger partial charge in [0.1, 0.15) is 0 Å². The molecule has 0 aliphatic carbocycles. The molecule has 26 heavy (non-hydrogen) atoms. The fraction of sp³-hybridized carbons (Fsp3) is 1.00. The Bertz CT molecular complexity index is 269. The van der Waals surface area contributed by atoms with E-state index in [2.05, 4.69) is 20.8 Å². The minimum atomic E-state index is 0.0594. The molecule has 0 aromatic rings. The lowest BCUT2D eigenvalue weighted by Gasteiger charge is -2.30. The Labute approximate surface area is 166 Å². The monoisotopic (exact) mass is 369 g/mol. The van der Waals surface area contributed by atoms with Crippen molar-refractivity contribution < 1.29 is 4.74 Å². The van der Waals surface area contributed by atoms with Gasteiger partial charge in [0.2, 0.25) is 0 Å². The standard InChI is InChI=1S/C24H51NO/c1-4-6-8-10-12-14-16-18-23-26-24(3,21-19-22-25)20-17-15-13-11-9-7-5-2/h4-23,25H2,1-3H3. The van der Waals surface area contributed by atoms with E-state index in [0.717, 1.165) is 26.0 Å². The average molecular weight is 370 g/mol. The molecule has 2 N–H and O–H groups in total. The highest BCUT2D eigenvalue weighted by molar-refractivity contribution is 4.75. The van der Waals surface area contributed by atoms with Crippen LogP contribution in [0.5, 0.6) is 0 Å². The second-order valence-corrected chi connectivity index (χ2v) is 8.54. The summed E-state index contributed by atoms with van der Waals surface area (Å²) in [6.45, 7) is 8.61. The number of hydrogen-bond donors (Lipinski definition) is 1. The molecule has 2 heteroatoms. The molecule has 0 bridgehead atoms. The van der Waals surface area contributed by atoms with Crippen LogP contribution in [0.2, 0.25) is 0 Å². The third kappa shape index (κ3) is 17.3. The molecule has 0 radical (unpaired) electrons. The minimum absolute atomic E-state index is 0.0594. The zero-order chi connectivity index (χ0) is 19.3. The van der Waals surface area contributed by atoms with Crippen LogP contribution >= 0.6 is 0 Å². The summed E-state index contributed by atoms with van der Waals surface area (Å²) in [6.07, 6.45) is 24.0. The van der Waals surface area contributed by atoms with Crippen molar-refractivity contribution >= 4 is 0 Å². The van der Waals surface area contributed by atoms with Gasteiger partial charge in [0.25, 0.3) is 0 Å². The van der Waals surface area contributed by atoms with Gasteiger partial charge >= 0.3 is 0 Å². The van der Waals surface area contributed by atoms with E-state index < -0.39 is 0 Å². The molecule has 0 heterocycles. The van der Waals surface area contributed by atoms with Crippen molar-refractivity contribution in [3.63, 3.8) is 0 Å². The van der Waals surface area contributed by atoms with Crippen molar-refractivity contribution in [1.82, 2.24) is 0 Å². The van der Waals surface area contributed by atoms with E-state index in [1.165, 1.54) is 103 Å². The average Bonchev–Trinajstić information content (AvgIpc) is 2.64. The summed E-state index contributed by atoms with van der Waals surface area (Å²) in [6, 6.07) is 0. The molecule has 0 amide bonds. The van der Waals surface area contributed by atoms with E-state index in [0.29, 0.717) is 0 Å². The summed E-state index contributed by atoms with van der Waals surface area (Å²) < 4.78 is 6.37. The topological polar surface area (TPSA) is 35.2 Å². The summed E-state index contributed by atoms with van der Waals surface area (Å²) in [7, 11) is 0. The first-order chi connectivity index (χ1) is 12.7. The molecular weight excluding hydrogens is 318 g/mol. The van der Waals surface area contributed by atoms with E-state index in [9.17, 15) is 0 Å². The highest BCUT2D eigenvalue weighted by Gasteiger charge is 2.23. The third-order valence-corrected chi connectivity index (χ3v) is 5.67. The van der Waals surface area contributed by atoms with Gasteiger partial charge in [-0.05, 0) is 39.2 Å². The molecule has 0 aliphatic rings. The number of unbranched alkanes of at least 4 members (excludes halogenated alkanes) is 13. The zero-order valence-electron chi connectivity index (χ0n) is 18.6. The zero-order valence-corrected chi connectivity index (χ0v) is 18.6. The lowest BCUT2D eigenvalue weighted by molar-refractivity contribution is -0.0475. The normalized spacial score (nSPS) is 13.8. The maximum atomic E-state index is 6.37. The van der Waals surface area contributed by atoms with Crippen molar-refractivity contribution in [1.29, 1.82) is 0 Å². The van der Waals surface area contributed by atoms with Crippen LogP contribution in [-0.4, -0.2) is 18.8 Å². The SMILES string of the molecule is CCCCCCCCCCOC(C)(CCCN)CCCCCCCCC. The van der Waals surface area contributed by atoms with Gasteiger partial charge < -0.3 is 10.5 Å². The molecule has 1 atom stereocenters. The second-order valence-electron chi connectivity index (χ2n) is 8.54. The Morgan fingerprint density at radius 1 is 0.577 bits per heavy atom. The van der Waals surface area contributed by atoms with E-state index >= 15 is 0 Å². The van der Waals surface area contributed by atoms with Crippen molar-refractivity contribution in [2.45, 2.75) is 142 Å². The van der Waals surface area contributed by atoms with Crippen LogP contribution in [0, 0.1) is 0 Å². The quantitative estimate of drug-likeness (QED) is 0.210. The summed E-state index contributed by atoms with van der Waals surface area (Å²) in [5, 5.41) is 0. The smallest absolute Gasteiger partial charge is 0.0655 e. The molecule has 0 fully saturated rings. The largest absolute Gasteiger partial charge is 0.375 e. The maximum Gasteiger partial charge on any atom is 0.0655 e. The first kappa shape index (κ1) is 25.9. The second kappa shape index (κ2) is 19.7. The highest BCUT2D eigenvalue weighted by Crippen LogP contribution is 2.26. The molecular formula is C24H51NO. The van der Waals surface area contributed by atoms with Gasteiger partial charge in [-0.15, -0.1) is 0 Å². The molecule has 1 unspecified atom stereocenters. The van der Waals surface area contributed by atoms with Crippen LogP contribution in [0.25, 0.3) is 0 Å². The predicted molar refractivity (Wildman–Crippen MR) is 118 cm³/mol. The minimum Gasteiger partial charge on any atom is -0.375 e. The number of ether oxygens (including phenoxy) is 1. The highest BCUT2D eigenvalue weighted by atomic mass is 16.5. The summed E-state index contributed by atoms with van der Waals surface area (Å²) in [5.74, 6) is 0. The van der Waals surface area contributed by atoms with Crippen LogP contribution in [0.3, 0.4) is 0 Å². The molecule has 0 saturated heterocycles. The van der Waals surface area contributed by atoms with Crippen molar-refractivity contribution in [3.8, 4) is 0 Å². The summed E-state index contributed by atoms with van der Waals surface area (Å²) in [4.78, 5) is 0. The van der Waals surface area contributed by atoms with Crippen molar-refractivity contribution in [2.24, 2.45) is 5.73 Å². The lowest BCUT2D eigenvalue weighted by Crippen LogP contribution is -2.30. The van der Waals surface area contributed by atoms with Gasteiger partial charge in [-0.1, -0.05) is 104 Å². The Balaban J connectivity index is 3.77. The van der Waals surface area contributed by atoms with Crippen LogP contribution in [0.4, 0.5) is 0 Å². The van der Waals surface area contributed by atoms with Crippen molar-refractivity contribution in [3.05, 3.63) is 0 Å². The van der Waals surface area contributed by atoms with Crippen LogP contribution in [0.15, 0.2) is 0 Å². The van der Waals surface area contributed by atoms with Gasteiger partial charge in [-0.2, -0.15) is 0 Å². The fourth-order valence-electron chi connectivity index (χ4n) is 3.76. The van der Waals surface area contributed by atoms with Gasteiger partial charge in [-0.3, -0.25) is 0 Å². The van der Waals surface area contributed by atoms with Crippen LogP contribution < -0.4 is 5.73 Å². The number of nitrogens with two attached hydrogens (primary N) is 1. The summed E-state index contributed by atoms with van der Waals surface area (Å²) in [5.41, 5.74) is 5.81. The van der Waals surface area contributed by atoms with Crippen molar-refractivity contribution in [2.75, 3.05) is 13.2 Å². The number of hydrogen-bond acceptors (Lipinski definition) is 2. The maximum absolute atomic E-state index is 6.37. The Morgan fingerprint density at radius 2 is 1.00 bits per heavy atom. The molecule has 0 aliphatic heterocycles. The Kier molecular flexibility index (Phi) is 19.6. The van der Waals surface area contributed by atoms with Crippen LogP contribution in [-0.2, 0) is 4.74 Å². The predicted octanol–water partition coefficient (Wildman–Crippen LogP) is 7.78. The van der Waals surface area contributed by atoms with Gasteiger partial charge in [0.05, 0.1) is 5.60 Å². The van der Waals surface area contributed by atoms with E-state index in [-0.39, 0.29) is 5.60 Å². The molecule has 158 valence electrons. The van der Waals surface area contributed by atoms with E-state index in [4.69, 9.17) is 10.5 Å². The molecule has 0 saturated carbocycles. The first-order valence-electron chi connectivity index (χ1n) is 12.0. The molecule has 0 aromatic carbocycles.